The molecule has 2 aliphatic carbocycles. The summed E-state index contributed by atoms with van der Waals surface area (Å²) < 4.78 is 12.6. The van der Waals surface area contributed by atoms with Gasteiger partial charge in [-0.3, -0.25) is 10.3 Å². The summed E-state index contributed by atoms with van der Waals surface area (Å²) in [4.78, 5) is 5.98. The first-order chi connectivity index (χ1) is 14.6. The molecule has 0 atom stereocenters. The maximum atomic E-state index is 6.52. The topological polar surface area (TPSA) is 39.7 Å². The minimum atomic E-state index is -0.129. The Kier molecular flexibility index (Phi) is 5.20. The lowest BCUT2D eigenvalue weighted by Gasteiger charge is -2.19. The summed E-state index contributed by atoms with van der Waals surface area (Å²) >= 11 is 0. The number of hydroxylamine groups is 1. The third-order valence-electron chi connectivity index (χ3n) is 6.36. The molecule has 4 heteroatoms. The lowest BCUT2D eigenvalue weighted by atomic mass is 10.00. The number of ether oxygens (including phenoxy) is 2. The van der Waals surface area contributed by atoms with Crippen LogP contribution < -0.4 is 15.0 Å². The van der Waals surface area contributed by atoms with E-state index in [0.29, 0.717) is 12.5 Å². The largest absolute Gasteiger partial charge is 0.489 e. The molecule has 30 heavy (non-hydrogen) atoms. The molecule has 1 saturated carbocycles. The van der Waals surface area contributed by atoms with E-state index in [0.717, 1.165) is 48.4 Å². The second kappa shape index (κ2) is 7.99. The monoisotopic (exact) mass is 405 g/mol. The Morgan fingerprint density at radius 1 is 1.03 bits per heavy atom. The van der Waals surface area contributed by atoms with Crippen LogP contribution in [-0.2, 0) is 17.7 Å². The molecule has 1 aliphatic heterocycles. The first kappa shape index (κ1) is 19.5. The molecule has 0 aromatic heterocycles. The van der Waals surface area contributed by atoms with Gasteiger partial charge in [0.05, 0.1) is 12.3 Å². The SMILES string of the molecule is CC(C)COc1ccc(C2=CC3(CCCC3)ON2)cc1OC1Cc2ccccc2C1. The zero-order valence-electron chi connectivity index (χ0n) is 17.9. The lowest BCUT2D eigenvalue weighted by molar-refractivity contribution is -0.0289. The smallest absolute Gasteiger partial charge is 0.162 e. The number of hydrogen-bond acceptors (Lipinski definition) is 4. The average molecular weight is 406 g/mol. The van der Waals surface area contributed by atoms with Gasteiger partial charge < -0.3 is 9.47 Å². The summed E-state index contributed by atoms with van der Waals surface area (Å²) in [7, 11) is 0. The Morgan fingerprint density at radius 3 is 2.47 bits per heavy atom. The average Bonchev–Trinajstić information content (AvgIpc) is 3.47. The van der Waals surface area contributed by atoms with Crippen LogP contribution in [0.4, 0.5) is 0 Å². The fourth-order valence-electron chi connectivity index (χ4n) is 4.77. The van der Waals surface area contributed by atoms with E-state index in [1.54, 1.807) is 0 Å². The van der Waals surface area contributed by atoms with Crippen molar-refractivity contribution in [2.24, 2.45) is 5.92 Å². The molecule has 0 unspecified atom stereocenters. The summed E-state index contributed by atoms with van der Waals surface area (Å²) in [6.07, 6.45) is 8.91. The number of nitrogens with one attached hydrogen (secondary N) is 1. The van der Waals surface area contributed by atoms with Crippen molar-refractivity contribution < 1.29 is 14.3 Å². The maximum Gasteiger partial charge on any atom is 0.162 e. The first-order valence-electron chi connectivity index (χ1n) is 11.3. The van der Waals surface area contributed by atoms with Crippen molar-refractivity contribution in [2.45, 2.75) is 64.1 Å². The fraction of sp³-hybridized carbons (Fsp3) is 0.462. The minimum absolute atomic E-state index is 0.129. The van der Waals surface area contributed by atoms with E-state index in [4.69, 9.17) is 14.3 Å². The van der Waals surface area contributed by atoms with Gasteiger partial charge in [-0.05, 0) is 54.2 Å². The van der Waals surface area contributed by atoms with E-state index in [-0.39, 0.29) is 11.7 Å². The van der Waals surface area contributed by atoms with Crippen LogP contribution in [0.3, 0.4) is 0 Å². The Labute approximate surface area is 179 Å². The van der Waals surface area contributed by atoms with Gasteiger partial charge in [0.15, 0.2) is 11.5 Å². The number of fused-ring (bicyclic) bond motifs is 1. The molecule has 2 aromatic rings. The van der Waals surface area contributed by atoms with E-state index >= 15 is 0 Å². The molecule has 5 rings (SSSR count). The number of benzene rings is 2. The van der Waals surface area contributed by atoms with Crippen LogP contribution >= 0.6 is 0 Å². The van der Waals surface area contributed by atoms with Crippen molar-refractivity contribution in [2.75, 3.05) is 6.61 Å². The Hall–Kier alpha value is -2.46. The van der Waals surface area contributed by atoms with E-state index in [1.165, 1.54) is 24.0 Å². The summed E-state index contributed by atoms with van der Waals surface area (Å²) in [6.45, 7) is 5.00. The second-order valence-electron chi connectivity index (χ2n) is 9.32. The van der Waals surface area contributed by atoms with Gasteiger partial charge in [0.2, 0.25) is 0 Å². The van der Waals surface area contributed by atoms with Crippen molar-refractivity contribution in [3.63, 3.8) is 0 Å². The highest BCUT2D eigenvalue weighted by Crippen LogP contribution is 2.41. The van der Waals surface area contributed by atoms with E-state index in [1.807, 2.05) is 6.07 Å². The molecule has 2 aromatic carbocycles. The second-order valence-corrected chi connectivity index (χ2v) is 9.32. The predicted octanol–water partition coefficient (Wildman–Crippen LogP) is 5.46. The van der Waals surface area contributed by atoms with Gasteiger partial charge in [0.25, 0.3) is 0 Å². The molecule has 0 saturated heterocycles. The number of rotatable bonds is 6. The third kappa shape index (κ3) is 3.93. The number of hydrogen-bond donors (Lipinski definition) is 1. The molecule has 3 aliphatic rings. The highest BCUT2D eigenvalue weighted by atomic mass is 16.7. The van der Waals surface area contributed by atoms with Crippen molar-refractivity contribution >= 4 is 5.70 Å². The molecule has 0 radical (unpaired) electrons. The van der Waals surface area contributed by atoms with Crippen LogP contribution in [0.2, 0.25) is 0 Å². The molecule has 1 N–H and O–H groups in total. The summed E-state index contributed by atoms with van der Waals surface area (Å²) in [5, 5.41) is 0. The lowest BCUT2D eigenvalue weighted by Crippen LogP contribution is -2.25. The Bertz CT molecular complexity index is 918. The van der Waals surface area contributed by atoms with Crippen LogP contribution in [0.15, 0.2) is 48.5 Å². The van der Waals surface area contributed by atoms with E-state index in [2.05, 4.69) is 61.8 Å². The molecule has 0 amide bonds. The molecular formula is C26H31NO3. The van der Waals surface area contributed by atoms with Crippen LogP contribution in [0.25, 0.3) is 5.70 Å². The quantitative estimate of drug-likeness (QED) is 0.693. The van der Waals surface area contributed by atoms with Crippen molar-refractivity contribution in [1.29, 1.82) is 0 Å². The van der Waals surface area contributed by atoms with Crippen molar-refractivity contribution in [1.82, 2.24) is 5.48 Å². The highest BCUT2D eigenvalue weighted by Gasteiger charge is 2.38. The highest BCUT2D eigenvalue weighted by molar-refractivity contribution is 5.68. The van der Waals surface area contributed by atoms with E-state index < -0.39 is 0 Å². The summed E-state index contributed by atoms with van der Waals surface area (Å²) in [5.41, 5.74) is 7.94. The van der Waals surface area contributed by atoms with Gasteiger partial charge in [-0.2, -0.15) is 0 Å². The van der Waals surface area contributed by atoms with Crippen molar-refractivity contribution in [3.8, 4) is 11.5 Å². The van der Waals surface area contributed by atoms with Gasteiger partial charge >= 0.3 is 0 Å². The zero-order valence-corrected chi connectivity index (χ0v) is 17.9. The van der Waals surface area contributed by atoms with Gasteiger partial charge in [0.1, 0.15) is 11.7 Å². The van der Waals surface area contributed by atoms with Gasteiger partial charge in [-0.15, -0.1) is 0 Å². The first-order valence-corrected chi connectivity index (χ1v) is 11.3. The Morgan fingerprint density at radius 2 is 1.77 bits per heavy atom. The molecule has 158 valence electrons. The van der Waals surface area contributed by atoms with Gasteiger partial charge in [-0.1, -0.05) is 51.0 Å². The normalized spacial score (nSPS) is 19.8. The predicted molar refractivity (Wildman–Crippen MR) is 118 cm³/mol. The van der Waals surface area contributed by atoms with Gasteiger partial charge in [0, 0.05) is 18.4 Å². The molecule has 1 fully saturated rings. The fourth-order valence-corrected chi connectivity index (χ4v) is 4.77. The van der Waals surface area contributed by atoms with Crippen LogP contribution in [0.5, 0.6) is 11.5 Å². The third-order valence-corrected chi connectivity index (χ3v) is 6.36. The molecule has 1 spiro atoms. The van der Waals surface area contributed by atoms with E-state index in [9.17, 15) is 0 Å². The van der Waals surface area contributed by atoms with Gasteiger partial charge in [-0.25, -0.2) is 0 Å². The molecule has 1 heterocycles. The van der Waals surface area contributed by atoms with Crippen LogP contribution in [0, 0.1) is 5.92 Å². The van der Waals surface area contributed by atoms with Crippen LogP contribution in [-0.4, -0.2) is 18.3 Å². The minimum Gasteiger partial charge on any atom is -0.489 e. The zero-order chi connectivity index (χ0) is 20.6. The standard InChI is InChI=1S/C26H31NO3/c1-18(2)17-28-24-10-9-21(23-16-26(30-27-23)11-5-6-12-26)15-25(24)29-22-13-19-7-3-4-8-20(19)14-22/h3-4,7-10,15-16,18,22,27H,5-6,11-14,17H2,1-2H3. The molecule has 4 nitrogen and oxygen atoms in total. The van der Waals surface area contributed by atoms with Crippen molar-refractivity contribution in [3.05, 3.63) is 65.2 Å². The maximum absolute atomic E-state index is 6.52. The molecule has 0 bridgehead atoms. The summed E-state index contributed by atoms with van der Waals surface area (Å²) in [5.74, 6) is 2.10. The Balaban J connectivity index is 1.39. The summed E-state index contributed by atoms with van der Waals surface area (Å²) in [6, 6.07) is 14.9. The van der Waals surface area contributed by atoms with Crippen LogP contribution in [0.1, 0.15) is 56.2 Å². The molecular weight excluding hydrogens is 374 g/mol.